The third kappa shape index (κ3) is 5.37. The van der Waals surface area contributed by atoms with Crippen molar-refractivity contribution in [2.45, 2.75) is 32.2 Å². The molecule has 174 valence electrons. The van der Waals surface area contributed by atoms with Gasteiger partial charge in [-0.05, 0) is 61.4 Å². The Bertz CT molecular complexity index is 1220. The van der Waals surface area contributed by atoms with Crippen LogP contribution in [0.1, 0.15) is 42.1 Å². The Morgan fingerprint density at radius 1 is 1.06 bits per heavy atom. The molecule has 0 saturated carbocycles. The molecule has 3 aromatic carbocycles. The molecule has 4 rings (SSSR count). The lowest BCUT2D eigenvalue weighted by atomic mass is 10.00. The number of carbonyl (C=O) groups excluding carboxylic acids is 1. The summed E-state index contributed by atoms with van der Waals surface area (Å²) in [6, 6.07) is 20.5. The van der Waals surface area contributed by atoms with Crippen molar-refractivity contribution in [3.8, 4) is 5.75 Å². The van der Waals surface area contributed by atoms with Crippen LogP contribution >= 0.6 is 0 Å². The summed E-state index contributed by atoms with van der Waals surface area (Å²) in [5.41, 5.74) is 1.49. The summed E-state index contributed by atoms with van der Waals surface area (Å²) in [5.74, 6) is -0.326. The van der Waals surface area contributed by atoms with Crippen LogP contribution < -0.4 is 4.74 Å². The highest BCUT2D eigenvalue weighted by molar-refractivity contribution is 5.99. The highest BCUT2D eigenvalue weighted by atomic mass is 16.5. The minimum absolute atomic E-state index is 0.0680. The van der Waals surface area contributed by atoms with E-state index in [0.29, 0.717) is 12.1 Å². The Morgan fingerprint density at radius 2 is 1.82 bits per heavy atom. The number of carboxylic acid groups (broad SMARTS) is 1. The third-order valence-corrected chi connectivity index (χ3v) is 6.14. The lowest BCUT2D eigenvalue weighted by Crippen LogP contribution is -2.41. The summed E-state index contributed by atoms with van der Waals surface area (Å²) < 4.78 is 6.19. The number of aromatic carboxylic acids is 1. The van der Waals surface area contributed by atoms with Crippen molar-refractivity contribution in [1.29, 1.82) is 0 Å². The van der Waals surface area contributed by atoms with Gasteiger partial charge in [0.2, 0.25) is 0 Å². The van der Waals surface area contributed by atoms with Crippen LogP contribution in [0.3, 0.4) is 0 Å². The van der Waals surface area contributed by atoms with Crippen LogP contribution in [-0.4, -0.2) is 41.1 Å². The molecule has 1 aliphatic rings. The summed E-state index contributed by atoms with van der Waals surface area (Å²) in [4.78, 5) is 26.8. The molecule has 0 spiro atoms. The largest absolute Gasteiger partial charge is 0.488 e. The molecule has 0 bridgehead atoms. The van der Waals surface area contributed by atoms with Crippen LogP contribution in [0.25, 0.3) is 16.8 Å². The summed E-state index contributed by atoms with van der Waals surface area (Å²) in [5, 5.41) is 11.3. The number of carbonyl (C=O) groups is 2. The van der Waals surface area contributed by atoms with Crippen molar-refractivity contribution in [3.63, 3.8) is 0 Å². The monoisotopic (exact) mass is 455 g/mol. The lowest BCUT2D eigenvalue weighted by Gasteiger charge is -2.31. The standard InChI is InChI=1S/C29H29NO4/c1-2-30(25-11-4-3-5-12-25)28(31)24(19-21-15-17-23(18-16-21)29(32)33)20-34-27-14-8-10-22-9-6-7-13-26(22)27/h4,6-11,13-19,25H,2-3,5,12,20H2,1H3,(H,32,33). The number of nitrogens with zero attached hydrogens (tertiary/aromatic N) is 1. The molecule has 1 amide bonds. The highest BCUT2D eigenvalue weighted by Crippen LogP contribution is 2.26. The normalized spacial score (nSPS) is 15.8. The van der Waals surface area contributed by atoms with E-state index in [-0.39, 0.29) is 24.1 Å². The van der Waals surface area contributed by atoms with Gasteiger partial charge in [0.1, 0.15) is 12.4 Å². The highest BCUT2D eigenvalue weighted by Gasteiger charge is 2.25. The number of rotatable bonds is 8. The fourth-order valence-corrected chi connectivity index (χ4v) is 4.33. The number of carboxylic acids is 1. The lowest BCUT2D eigenvalue weighted by molar-refractivity contribution is -0.128. The summed E-state index contributed by atoms with van der Waals surface area (Å²) in [7, 11) is 0. The van der Waals surface area contributed by atoms with Gasteiger partial charge in [0.25, 0.3) is 5.91 Å². The minimum atomic E-state index is -0.979. The van der Waals surface area contributed by atoms with Gasteiger partial charge in [0.15, 0.2) is 0 Å². The smallest absolute Gasteiger partial charge is 0.335 e. The van der Waals surface area contributed by atoms with E-state index in [0.717, 1.165) is 41.3 Å². The second-order valence-electron chi connectivity index (χ2n) is 8.38. The molecule has 1 unspecified atom stereocenters. The van der Waals surface area contributed by atoms with Gasteiger partial charge >= 0.3 is 5.97 Å². The number of benzene rings is 3. The molecule has 0 aromatic heterocycles. The SMILES string of the molecule is CCN(C(=O)C(=Cc1ccc(C(=O)O)cc1)COc1cccc2ccccc12)C1C=CCCC1. The Hall–Kier alpha value is -3.86. The Balaban J connectivity index is 1.65. The average Bonchev–Trinajstić information content (AvgIpc) is 2.87. The molecule has 34 heavy (non-hydrogen) atoms. The van der Waals surface area contributed by atoms with Gasteiger partial charge in [0, 0.05) is 11.9 Å². The van der Waals surface area contributed by atoms with E-state index >= 15 is 0 Å². The van der Waals surface area contributed by atoms with E-state index in [9.17, 15) is 14.7 Å². The van der Waals surface area contributed by atoms with Gasteiger partial charge in [-0.3, -0.25) is 4.79 Å². The number of hydrogen-bond acceptors (Lipinski definition) is 3. The van der Waals surface area contributed by atoms with E-state index in [1.165, 1.54) is 0 Å². The summed E-state index contributed by atoms with van der Waals surface area (Å²) >= 11 is 0. The molecule has 1 N–H and O–H groups in total. The van der Waals surface area contributed by atoms with E-state index in [1.807, 2.05) is 54.3 Å². The molecule has 1 aliphatic carbocycles. The number of hydrogen-bond donors (Lipinski definition) is 1. The number of likely N-dealkylation sites (N-methyl/N-ethyl adjacent to an activating group) is 1. The molecule has 0 saturated heterocycles. The molecule has 0 aliphatic heterocycles. The first-order valence-corrected chi connectivity index (χ1v) is 11.7. The van der Waals surface area contributed by atoms with Crippen molar-refractivity contribution in [1.82, 2.24) is 4.90 Å². The van der Waals surface area contributed by atoms with Crippen LogP contribution in [0.15, 0.2) is 84.5 Å². The maximum atomic E-state index is 13.7. The zero-order valence-corrected chi connectivity index (χ0v) is 19.3. The van der Waals surface area contributed by atoms with Crippen LogP contribution in [-0.2, 0) is 4.79 Å². The molecular weight excluding hydrogens is 426 g/mol. The van der Waals surface area contributed by atoms with Gasteiger partial charge in [-0.1, -0.05) is 60.7 Å². The first-order chi connectivity index (χ1) is 16.6. The van der Waals surface area contributed by atoms with Gasteiger partial charge in [-0.25, -0.2) is 4.79 Å². The predicted octanol–water partition coefficient (Wildman–Crippen LogP) is 5.96. The van der Waals surface area contributed by atoms with Gasteiger partial charge < -0.3 is 14.7 Å². The number of amides is 1. The van der Waals surface area contributed by atoms with Crippen molar-refractivity contribution >= 4 is 28.7 Å². The van der Waals surface area contributed by atoms with Gasteiger partial charge in [-0.2, -0.15) is 0 Å². The molecule has 1 atom stereocenters. The zero-order valence-electron chi connectivity index (χ0n) is 19.3. The molecular formula is C29H29NO4. The Labute approximate surface area is 200 Å². The predicted molar refractivity (Wildman–Crippen MR) is 135 cm³/mol. The van der Waals surface area contributed by atoms with Crippen molar-refractivity contribution in [2.75, 3.05) is 13.2 Å². The van der Waals surface area contributed by atoms with Crippen LogP contribution in [0.5, 0.6) is 5.75 Å². The second-order valence-corrected chi connectivity index (χ2v) is 8.38. The Morgan fingerprint density at radius 3 is 2.53 bits per heavy atom. The topological polar surface area (TPSA) is 66.8 Å². The van der Waals surface area contributed by atoms with E-state index in [2.05, 4.69) is 12.2 Å². The van der Waals surface area contributed by atoms with Crippen molar-refractivity contribution in [3.05, 3.63) is 95.6 Å². The first kappa shape index (κ1) is 23.3. The minimum Gasteiger partial charge on any atom is -0.488 e. The molecule has 0 radical (unpaired) electrons. The molecule has 0 heterocycles. The fraction of sp³-hybridized carbons (Fsp3) is 0.241. The number of fused-ring (bicyclic) bond motifs is 1. The van der Waals surface area contributed by atoms with Crippen LogP contribution in [0.4, 0.5) is 0 Å². The van der Waals surface area contributed by atoms with Crippen LogP contribution in [0.2, 0.25) is 0 Å². The maximum absolute atomic E-state index is 13.7. The maximum Gasteiger partial charge on any atom is 0.335 e. The van der Waals surface area contributed by atoms with Gasteiger partial charge in [-0.15, -0.1) is 0 Å². The quantitative estimate of drug-likeness (QED) is 0.336. The van der Waals surface area contributed by atoms with Crippen molar-refractivity contribution < 1.29 is 19.4 Å². The van der Waals surface area contributed by atoms with E-state index in [4.69, 9.17) is 4.74 Å². The number of ether oxygens (including phenoxy) is 1. The second kappa shape index (κ2) is 10.8. The zero-order chi connectivity index (χ0) is 23.9. The van der Waals surface area contributed by atoms with E-state index < -0.39 is 5.97 Å². The summed E-state index contributed by atoms with van der Waals surface area (Å²) in [6.45, 7) is 2.70. The first-order valence-electron chi connectivity index (χ1n) is 11.7. The van der Waals surface area contributed by atoms with Gasteiger partial charge in [0.05, 0.1) is 17.2 Å². The molecule has 5 heteroatoms. The summed E-state index contributed by atoms with van der Waals surface area (Å²) in [6.07, 6.45) is 9.12. The van der Waals surface area contributed by atoms with E-state index in [1.54, 1.807) is 30.3 Å². The van der Waals surface area contributed by atoms with Crippen LogP contribution in [0, 0.1) is 0 Å². The average molecular weight is 456 g/mol. The molecule has 5 nitrogen and oxygen atoms in total. The number of allylic oxidation sites excluding steroid dienone is 1. The Kier molecular flexibility index (Phi) is 7.43. The molecule has 3 aromatic rings. The molecule has 0 fully saturated rings. The fourth-order valence-electron chi connectivity index (χ4n) is 4.33. The third-order valence-electron chi connectivity index (χ3n) is 6.14. The van der Waals surface area contributed by atoms with Crippen molar-refractivity contribution in [2.24, 2.45) is 0 Å².